The van der Waals surface area contributed by atoms with Crippen LogP contribution in [0.3, 0.4) is 0 Å². The molecule has 1 heterocycles. The number of nitrogens with one attached hydrogen (secondary N) is 1. The Hall–Kier alpha value is -2.93. The summed E-state index contributed by atoms with van der Waals surface area (Å²) in [6, 6.07) is 12.9. The Morgan fingerprint density at radius 1 is 1.30 bits per heavy atom. The maximum absolute atomic E-state index is 11.8. The van der Waals surface area contributed by atoms with E-state index < -0.39 is 10.5 Å². The van der Waals surface area contributed by atoms with E-state index in [0.717, 1.165) is 12.8 Å². The van der Waals surface area contributed by atoms with Gasteiger partial charge in [-0.05, 0) is 36.1 Å². The number of aryl methyl sites for hydroxylation is 1. The van der Waals surface area contributed by atoms with Crippen LogP contribution in [-0.4, -0.2) is 37.6 Å². The van der Waals surface area contributed by atoms with Gasteiger partial charge in [0.25, 0.3) is 11.6 Å². The molecular weight excluding hydrogens is 346 g/mol. The largest absolute Gasteiger partial charge is 0.367 e. The monoisotopic (exact) mass is 367 g/mol. The fourth-order valence-electron chi connectivity index (χ4n) is 4.18. The maximum atomic E-state index is 11.8. The molecule has 27 heavy (non-hydrogen) atoms. The molecule has 2 aliphatic rings. The van der Waals surface area contributed by atoms with Crippen LogP contribution < -0.4 is 10.2 Å². The molecule has 1 aliphatic heterocycles. The van der Waals surface area contributed by atoms with E-state index in [-0.39, 0.29) is 17.2 Å². The standard InChI is InChI=1S/C20H21N3O4/c1-21-19(24)15-6-7-17(18(12-15)23(25)26)22-10-11-27-20(13-22)9-8-14-4-2-3-5-16(14)20/h2-7,12H,8-11,13H2,1H3,(H,21,24). The Kier molecular flexibility index (Phi) is 4.31. The van der Waals surface area contributed by atoms with E-state index in [1.165, 1.54) is 24.2 Å². The zero-order chi connectivity index (χ0) is 19.0. The van der Waals surface area contributed by atoms with Gasteiger partial charge in [0.1, 0.15) is 11.3 Å². The van der Waals surface area contributed by atoms with Crippen molar-refractivity contribution in [1.29, 1.82) is 0 Å². The van der Waals surface area contributed by atoms with E-state index in [9.17, 15) is 14.9 Å². The first-order chi connectivity index (χ1) is 13.0. The molecular formula is C20H21N3O4. The molecule has 2 aromatic rings. The van der Waals surface area contributed by atoms with E-state index >= 15 is 0 Å². The third kappa shape index (κ3) is 2.94. The number of nitro groups is 1. The highest BCUT2D eigenvalue weighted by atomic mass is 16.6. The second kappa shape index (κ2) is 6.66. The number of ether oxygens (including phenoxy) is 1. The van der Waals surface area contributed by atoms with Crippen molar-refractivity contribution in [2.24, 2.45) is 0 Å². The summed E-state index contributed by atoms with van der Waals surface area (Å²) in [5.74, 6) is -0.340. The zero-order valence-corrected chi connectivity index (χ0v) is 15.1. The van der Waals surface area contributed by atoms with E-state index in [0.29, 0.717) is 25.4 Å². The summed E-state index contributed by atoms with van der Waals surface area (Å²) < 4.78 is 6.21. The smallest absolute Gasteiger partial charge is 0.293 e. The molecule has 0 aromatic heterocycles. The van der Waals surface area contributed by atoms with Crippen molar-refractivity contribution in [3.8, 4) is 0 Å². The number of fused-ring (bicyclic) bond motifs is 2. The predicted molar refractivity (Wildman–Crippen MR) is 101 cm³/mol. The van der Waals surface area contributed by atoms with Gasteiger partial charge >= 0.3 is 0 Å². The van der Waals surface area contributed by atoms with Crippen LogP contribution in [0.2, 0.25) is 0 Å². The van der Waals surface area contributed by atoms with E-state index in [2.05, 4.69) is 17.4 Å². The molecule has 1 aliphatic carbocycles. The lowest BCUT2D eigenvalue weighted by molar-refractivity contribution is -0.384. The van der Waals surface area contributed by atoms with Crippen LogP contribution in [-0.2, 0) is 16.8 Å². The predicted octanol–water partition coefficient (Wildman–Crippen LogP) is 2.63. The summed E-state index contributed by atoms with van der Waals surface area (Å²) in [7, 11) is 1.51. The summed E-state index contributed by atoms with van der Waals surface area (Å²) in [6.45, 7) is 1.64. The van der Waals surface area contributed by atoms with Crippen LogP contribution in [0.5, 0.6) is 0 Å². The first-order valence-electron chi connectivity index (χ1n) is 9.02. The van der Waals surface area contributed by atoms with Gasteiger partial charge in [-0.15, -0.1) is 0 Å². The fourth-order valence-corrected chi connectivity index (χ4v) is 4.18. The van der Waals surface area contributed by atoms with Crippen molar-refractivity contribution in [3.05, 3.63) is 69.3 Å². The molecule has 1 spiro atoms. The van der Waals surface area contributed by atoms with Gasteiger partial charge in [-0.1, -0.05) is 24.3 Å². The number of amides is 1. The average Bonchev–Trinajstić information content (AvgIpc) is 3.05. The number of morpholine rings is 1. The van der Waals surface area contributed by atoms with Gasteiger partial charge in [0.15, 0.2) is 0 Å². The van der Waals surface area contributed by atoms with Crippen LogP contribution in [0.1, 0.15) is 27.9 Å². The molecule has 140 valence electrons. The van der Waals surface area contributed by atoms with Gasteiger partial charge in [-0.3, -0.25) is 14.9 Å². The van der Waals surface area contributed by atoms with Gasteiger partial charge < -0.3 is 15.0 Å². The summed E-state index contributed by atoms with van der Waals surface area (Å²) in [5, 5.41) is 14.2. The molecule has 1 saturated heterocycles. The first-order valence-corrected chi connectivity index (χ1v) is 9.02. The number of carbonyl (C=O) groups excluding carboxylic acids is 1. The summed E-state index contributed by atoms with van der Waals surface area (Å²) >= 11 is 0. The third-order valence-electron chi connectivity index (χ3n) is 5.49. The Bertz CT molecular complexity index is 910. The Labute approximate surface area is 157 Å². The van der Waals surface area contributed by atoms with E-state index in [1.54, 1.807) is 12.1 Å². The number of hydrogen-bond acceptors (Lipinski definition) is 5. The summed E-state index contributed by atoms with van der Waals surface area (Å²) in [4.78, 5) is 25.1. The Balaban J connectivity index is 1.70. The van der Waals surface area contributed by atoms with E-state index in [1.807, 2.05) is 17.0 Å². The van der Waals surface area contributed by atoms with Crippen molar-refractivity contribution >= 4 is 17.3 Å². The minimum atomic E-state index is -0.428. The average molecular weight is 367 g/mol. The Morgan fingerprint density at radius 2 is 2.11 bits per heavy atom. The van der Waals surface area contributed by atoms with Crippen LogP contribution in [0, 0.1) is 10.1 Å². The van der Waals surface area contributed by atoms with Crippen molar-refractivity contribution < 1.29 is 14.5 Å². The van der Waals surface area contributed by atoms with Gasteiger partial charge in [-0.2, -0.15) is 0 Å². The molecule has 1 amide bonds. The molecule has 1 N–H and O–H groups in total. The van der Waals surface area contributed by atoms with Gasteiger partial charge in [0, 0.05) is 25.2 Å². The number of nitro benzene ring substituents is 1. The fraction of sp³-hybridized carbons (Fsp3) is 0.350. The second-order valence-electron chi connectivity index (χ2n) is 6.96. The topological polar surface area (TPSA) is 84.7 Å². The summed E-state index contributed by atoms with van der Waals surface area (Å²) in [5.41, 5.74) is 2.78. The van der Waals surface area contributed by atoms with Crippen molar-refractivity contribution in [2.75, 3.05) is 31.6 Å². The molecule has 7 heteroatoms. The van der Waals surface area contributed by atoms with Crippen molar-refractivity contribution in [3.63, 3.8) is 0 Å². The lowest BCUT2D eigenvalue weighted by Gasteiger charge is -2.42. The third-order valence-corrected chi connectivity index (χ3v) is 5.49. The maximum Gasteiger partial charge on any atom is 0.293 e. The minimum Gasteiger partial charge on any atom is -0.367 e. The van der Waals surface area contributed by atoms with Crippen LogP contribution in [0.4, 0.5) is 11.4 Å². The first kappa shape index (κ1) is 17.5. The lowest BCUT2D eigenvalue weighted by Crippen LogP contribution is -2.49. The number of benzene rings is 2. The highest BCUT2D eigenvalue weighted by Gasteiger charge is 2.44. The molecule has 1 atom stereocenters. The number of anilines is 1. The van der Waals surface area contributed by atoms with E-state index in [4.69, 9.17) is 4.74 Å². The Morgan fingerprint density at radius 3 is 2.89 bits per heavy atom. The quantitative estimate of drug-likeness (QED) is 0.666. The molecule has 0 bridgehead atoms. The SMILES string of the molecule is CNC(=O)c1ccc(N2CCOC3(CCc4ccccc43)C2)c([N+](=O)[O-])c1. The van der Waals surface area contributed by atoms with Crippen molar-refractivity contribution in [2.45, 2.75) is 18.4 Å². The molecule has 4 rings (SSSR count). The number of rotatable bonds is 3. The molecule has 1 fully saturated rings. The zero-order valence-electron chi connectivity index (χ0n) is 15.1. The molecule has 0 radical (unpaired) electrons. The van der Waals surface area contributed by atoms with Crippen LogP contribution in [0.25, 0.3) is 0 Å². The number of carbonyl (C=O) groups is 1. The van der Waals surface area contributed by atoms with Gasteiger partial charge in [-0.25, -0.2) is 0 Å². The van der Waals surface area contributed by atoms with Gasteiger partial charge in [0.05, 0.1) is 18.1 Å². The number of nitrogens with zero attached hydrogens (tertiary/aromatic N) is 2. The van der Waals surface area contributed by atoms with Crippen LogP contribution >= 0.6 is 0 Å². The number of hydrogen-bond donors (Lipinski definition) is 1. The lowest BCUT2D eigenvalue weighted by atomic mass is 9.93. The van der Waals surface area contributed by atoms with Gasteiger partial charge in [0.2, 0.25) is 0 Å². The molecule has 2 aromatic carbocycles. The molecule has 7 nitrogen and oxygen atoms in total. The summed E-state index contributed by atoms with van der Waals surface area (Å²) in [6.07, 6.45) is 1.81. The highest BCUT2D eigenvalue weighted by molar-refractivity contribution is 5.95. The normalized spacial score (nSPS) is 21.1. The van der Waals surface area contributed by atoms with Crippen LogP contribution in [0.15, 0.2) is 42.5 Å². The highest BCUT2D eigenvalue weighted by Crippen LogP contribution is 2.44. The van der Waals surface area contributed by atoms with Crippen molar-refractivity contribution in [1.82, 2.24) is 5.32 Å². The second-order valence-corrected chi connectivity index (χ2v) is 6.96. The minimum absolute atomic E-state index is 0.0561. The molecule has 1 unspecified atom stereocenters. The molecule has 0 saturated carbocycles.